The molecule has 1 atom stereocenters. The van der Waals surface area contributed by atoms with Crippen molar-refractivity contribution in [3.63, 3.8) is 0 Å². The lowest BCUT2D eigenvalue weighted by molar-refractivity contribution is 0.0939. The Labute approximate surface area is 179 Å². The highest BCUT2D eigenvalue weighted by Gasteiger charge is 2.21. The first-order valence-corrected chi connectivity index (χ1v) is 10.1. The molecule has 0 fully saturated rings. The number of hydrogen-bond acceptors (Lipinski definition) is 4. The van der Waals surface area contributed by atoms with Crippen molar-refractivity contribution in [2.24, 2.45) is 0 Å². The summed E-state index contributed by atoms with van der Waals surface area (Å²) in [6, 6.07) is 11.4. The SMILES string of the molecule is CCc1c(C(=O)NC(C)c2cnn(-c3ccc(F)cc3)c2C)cnn1-c1ccccn1. The van der Waals surface area contributed by atoms with Gasteiger partial charge in [-0.3, -0.25) is 4.79 Å². The van der Waals surface area contributed by atoms with Crippen molar-refractivity contribution in [2.45, 2.75) is 33.2 Å². The van der Waals surface area contributed by atoms with Gasteiger partial charge in [0.25, 0.3) is 5.91 Å². The second kappa shape index (κ2) is 8.51. The molecule has 0 radical (unpaired) electrons. The third kappa shape index (κ3) is 3.96. The molecular weight excluding hydrogens is 395 g/mol. The molecule has 1 amide bonds. The predicted octanol–water partition coefficient (Wildman–Crippen LogP) is 3.95. The number of hydrogen-bond donors (Lipinski definition) is 1. The molecular formula is C23H23FN6O. The van der Waals surface area contributed by atoms with Gasteiger partial charge in [0.1, 0.15) is 5.82 Å². The van der Waals surface area contributed by atoms with Crippen LogP contribution in [0.5, 0.6) is 0 Å². The molecule has 4 rings (SSSR count). The maximum Gasteiger partial charge on any atom is 0.255 e. The fourth-order valence-corrected chi connectivity index (χ4v) is 3.62. The van der Waals surface area contributed by atoms with Gasteiger partial charge in [-0.25, -0.2) is 18.7 Å². The number of benzene rings is 1. The van der Waals surface area contributed by atoms with Gasteiger partial charge in [-0.15, -0.1) is 0 Å². The molecule has 0 aliphatic heterocycles. The van der Waals surface area contributed by atoms with Gasteiger partial charge in [0.05, 0.1) is 35.4 Å². The standard InChI is InChI=1S/C23H23FN6O/c1-4-21-20(14-27-30(21)22-7-5-6-12-25-22)23(31)28-15(2)19-13-26-29(16(19)3)18-10-8-17(24)9-11-18/h5-15H,4H2,1-3H3,(H,28,31). The molecule has 8 heteroatoms. The van der Waals surface area contributed by atoms with Gasteiger partial charge < -0.3 is 5.32 Å². The van der Waals surface area contributed by atoms with Gasteiger partial charge >= 0.3 is 0 Å². The third-order valence-corrected chi connectivity index (χ3v) is 5.25. The van der Waals surface area contributed by atoms with E-state index in [1.165, 1.54) is 12.1 Å². The normalized spacial score (nSPS) is 12.0. The third-order valence-electron chi connectivity index (χ3n) is 5.25. The summed E-state index contributed by atoms with van der Waals surface area (Å²) < 4.78 is 16.6. The van der Waals surface area contributed by atoms with Crippen LogP contribution < -0.4 is 5.32 Å². The number of nitrogens with zero attached hydrogens (tertiary/aromatic N) is 5. The molecule has 4 aromatic rings. The Hall–Kier alpha value is -3.81. The van der Waals surface area contributed by atoms with Crippen LogP contribution in [-0.2, 0) is 6.42 Å². The zero-order valence-electron chi connectivity index (χ0n) is 17.6. The second-order valence-corrected chi connectivity index (χ2v) is 7.23. The topological polar surface area (TPSA) is 77.6 Å². The Morgan fingerprint density at radius 1 is 1.10 bits per heavy atom. The van der Waals surface area contributed by atoms with Gasteiger partial charge in [-0.05, 0) is 56.7 Å². The van der Waals surface area contributed by atoms with Crippen LogP contribution in [0.15, 0.2) is 61.1 Å². The molecule has 0 bridgehead atoms. The Kier molecular flexibility index (Phi) is 5.62. The van der Waals surface area contributed by atoms with Gasteiger partial charge in [0.15, 0.2) is 5.82 Å². The zero-order valence-corrected chi connectivity index (χ0v) is 17.6. The highest BCUT2D eigenvalue weighted by Crippen LogP contribution is 2.22. The van der Waals surface area contributed by atoms with E-state index in [0.29, 0.717) is 17.8 Å². The minimum absolute atomic E-state index is 0.208. The number of carbonyl (C=O) groups is 1. The fourth-order valence-electron chi connectivity index (χ4n) is 3.62. The number of rotatable bonds is 6. The Morgan fingerprint density at radius 2 is 1.84 bits per heavy atom. The van der Waals surface area contributed by atoms with E-state index in [1.54, 1.807) is 40.1 Å². The molecule has 3 aromatic heterocycles. The first-order valence-electron chi connectivity index (χ1n) is 10.1. The Morgan fingerprint density at radius 3 is 2.52 bits per heavy atom. The summed E-state index contributed by atoms with van der Waals surface area (Å²) in [5.41, 5.74) is 3.83. The highest BCUT2D eigenvalue weighted by molar-refractivity contribution is 5.95. The van der Waals surface area contributed by atoms with E-state index in [2.05, 4.69) is 20.5 Å². The number of pyridine rings is 1. The average Bonchev–Trinajstić information content (AvgIpc) is 3.38. The van der Waals surface area contributed by atoms with Crippen LogP contribution in [0, 0.1) is 12.7 Å². The molecule has 0 aliphatic carbocycles. The summed E-state index contributed by atoms with van der Waals surface area (Å²) in [6.45, 7) is 5.81. The van der Waals surface area contributed by atoms with Crippen LogP contribution in [0.25, 0.3) is 11.5 Å². The van der Waals surface area contributed by atoms with Gasteiger partial charge in [-0.1, -0.05) is 13.0 Å². The van der Waals surface area contributed by atoms with Crippen molar-refractivity contribution in [1.82, 2.24) is 29.9 Å². The van der Waals surface area contributed by atoms with E-state index >= 15 is 0 Å². The maximum atomic E-state index is 13.2. The molecule has 3 heterocycles. The molecule has 0 saturated carbocycles. The second-order valence-electron chi connectivity index (χ2n) is 7.23. The molecule has 31 heavy (non-hydrogen) atoms. The molecule has 0 spiro atoms. The minimum Gasteiger partial charge on any atom is -0.345 e. The lowest BCUT2D eigenvalue weighted by Gasteiger charge is -2.14. The minimum atomic E-state index is -0.299. The monoisotopic (exact) mass is 418 g/mol. The smallest absolute Gasteiger partial charge is 0.255 e. The maximum absolute atomic E-state index is 13.2. The molecule has 1 aromatic carbocycles. The zero-order chi connectivity index (χ0) is 22.0. The van der Waals surface area contributed by atoms with Crippen molar-refractivity contribution in [1.29, 1.82) is 0 Å². The molecule has 0 aliphatic rings. The van der Waals surface area contributed by atoms with E-state index in [0.717, 1.165) is 22.6 Å². The fraction of sp³-hybridized carbons (Fsp3) is 0.217. The van der Waals surface area contributed by atoms with Crippen LogP contribution in [0.2, 0.25) is 0 Å². The molecule has 7 nitrogen and oxygen atoms in total. The number of halogens is 1. The van der Waals surface area contributed by atoms with E-state index < -0.39 is 0 Å². The highest BCUT2D eigenvalue weighted by atomic mass is 19.1. The summed E-state index contributed by atoms with van der Waals surface area (Å²) in [6.07, 6.45) is 5.63. The number of nitrogens with one attached hydrogen (secondary N) is 1. The van der Waals surface area contributed by atoms with Crippen LogP contribution in [0.1, 0.15) is 47.2 Å². The van der Waals surface area contributed by atoms with Crippen LogP contribution in [0.3, 0.4) is 0 Å². The number of amides is 1. The summed E-state index contributed by atoms with van der Waals surface area (Å²) in [5, 5.41) is 11.8. The number of carbonyl (C=O) groups excluding carboxylic acids is 1. The lowest BCUT2D eigenvalue weighted by Crippen LogP contribution is -2.27. The van der Waals surface area contributed by atoms with Crippen molar-refractivity contribution < 1.29 is 9.18 Å². The Balaban J connectivity index is 1.56. The summed E-state index contributed by atoms with van der Waals surface area (Å²) in [5.74, 6) is 0.163. The van der Waals surface area contributed by atoms with Crippen molar-refractivity contribution in [3.8, 4) is 11.5 Å². The van der Waals surface area contributed by atoms with E-state index in [1.807, 2.05) is 39.0 Å². The van der Waals surface area contributed by atoms with Crippen LogP contribution in [-0.4, -0.2) is 30.5 Å². The van der Waals surface area contributed by atoms with Crippen LogP contribution in [0.4, 0.5) is 4.39 Å². The quantitative estimate of drug-likeness (QED) is 0.514. The van der Waals surface area contributed by atoms with Crippen molar-refractivity contribution >= 4 is 5.91 Å². The largest absolute Gasteiger partial charge is 0.345 e. The van der Waals surface area contributed by atoms with Crippen molar-refractivity contribution in [3.05, 3.63) is 89.4 Å². The van der Waals surface area contributed by atoms with E-state index in [-0.39, 0.29) is 17.8 Å². The molecule has 0 saturated heterocycles. The summed E-state index contributed by atoms with van der Waals surface area (Å²) in [7, 11) is 0. The molecule has 1 N–H and O–H groups in total. The van der Waals surface area contributed by atoms with Gasteiger partial charge in [0.2, 0.25) is 0 Å². The van der Waals surface area contributed by atoms with Crippen molar-refractivity contribution in [2.75, 3.05) is 0 Å². The molecule has 1 unspecified atom stereocenters. The Bertz CT molecular complexity index is 1200. The van der Waals surface area contributed by atoms with E-state index in [9.17, 15) is 9.18 Å². The number of aromatic nitrogens is 5. The average molecular weight is 418 g/mol. The first-order chi connectivity index (χ1) is 15.0. The van der Waals surface area contributed by atoms with Gasteiger partial charge in [-0.2, -0.15) is 10.2 Å². The summed E-state index contributed by atoms with van der Waals surface area (Å²) >= 11 is 0. The summed E-state index contributed by atoms with van der Waals surface area (Å²) in [4.78, 5) is 17.3. The first kappa shape index (κ1) is 20.5. The van der Waals surface area contributed by atoms with E-state index in [4.69, 9.17) is 0 Å². The van der Waals surface area contributed by atoms with Crippen LogP contribution >= 0.6 is 0 Å². The lowest BCUT2D eigenvalue weighted by atomic mass is 10.1. The van der Waals surface area contributed by atoms with Gasteiger partial charge in [0, 0.05) is 17.5 Å². The predicted molar refractivity (Wildman–Crippen MR) is 115 cm³/mol. The molecule has 158 valence electrons.